The molecule has 2 rings (SSSR count). The molecule has 2 nitrogen and oxygen atoms in total. The Kier molecular flexibility index (Phi) is 5.02. The van der Waals surface area contributed by atoms with Crippen LogP contribution in [0.1, 0.15) is 38.7 Å². The van der Waals surface area contributed by atoms with E-state index < -0.39 is 0 Å². The number of pyridine rings is 1. The molecule has 0 saturated carbocycles. The quantitative estimate of drug-likeness (QED) is 0.774. The summed E-state index contributed by atoms with van der Waals surface area (Å²) in [7, 11) is 0. The minimum atomic E-state index is 0.616. The highest BCUT2D eigenvalue weighted by Crippen LogP contribution is 2.23. The molecular weight excluding hydrogens is 244 g/mol. The number of aromatic nitrogens is 1. The minimum Gasteiger partial charge on any atom is -0.301 e. The van der Waals surface area contributed by atoms with Gasteiger partial charge in [-0.3, -0.25) is 0 Å². The third-order valence-corrected chi connectivity index (χ3v) is 4.13. The van der Waals surface area contributed by atoms with Crippen LogP contribution in [0.2, 0.25) is 5.15 Å². The van der Waals surface area contributed by atoms with Gasteiger partial charge in [0.25, 0.3) is 0 Å². The van der Waals surface area contributed by atoms with E-state index in [9.17, 15) is 0 Å². The lowest BCUT2D eigenvalue weighted by Gasteiger charge is -2.24. The average molecular weight is 267 g/mol. The van der Waals surface area contributed by atoms with E-state index in [1.165, 1.54) is 37.9 Å². The predicted octanol–water partition coefficient (Wildman–Crippen LogP) is 3.79. The summed E-state index contributed by atoms with van der Waals surface area (Å²) in [5, 5.41) is 0.616. The van der Waals surface area contributed by atoms with E-state index >= 15 is 0 Å². The maximum absolute atomic E-state index is 5.94. The number of hydrogen-bond donors (Lipinski definition) is 0. The molecular formula is C15H23ClN2. The van der Waals surface area contributed by atoms with Gasteiger partial charge in [-0.05, 0) is 76.2 Å². The summed E-state index contributed by atoms with van der Waals surface area (Å²) in [6, 6.07) is 4.78. The van der Waals surface area contributed by atoms with Crippen LogP contribution in [-0.4, -0.2) is 29.0 Å². The number of rotatable bonds is 3. The lowest BCUT2D eigenvalue weighted by molar-refractivity contribution is 0.228. The van der Waals surface area contributed by atoms with Crippen LogP contribution in [0.25, 0.3) is 0 Å². The van der Waals surface area contributed by atoms with Crippen LogP contribution in [0.3, 0.4) is 0 Å². The first-order chi connectivity index (χ1) is 8.65. The van der Waals surface area contributed by atoms with E-state index in [4.69, 9.17) is 11.6 Å². The fourth-order valence-corrected chi connectivity index (χ4v) is 3.01. The summed E-state index contributed by atoms with van der Waals surface area (Å²) >= 11 is 5.94. The van der Waals surface area contributed by atoms with Crippen molar-refractivity contribution >= 4 is 11.6 Å². The molecule has 1 aliphatic rings. The molecule has 1 fully saturated rings. The van der Waals surface area contributed by atoms with Gasteiger partial charge < -0.3 is 4.90 Å². The van der Waals surface area contributed by atoms with E-state index in [0.29, 0.717) is 11.2 Å². The summed E-state index contributed by atoms with van der Waals surface area (Å²) < 4.78 is 0. The Hall–Kier alpha value is -0.600. The average Bonchev–Trinajstić information content (AvgIpc) is 2.55. The second kappa shape index (κ2) is 6.53. The van der Waals surface area contributed by atoms with Crippen LogP contribution in [0, 0.1) is 5.92 Å². The van der Waals surface area contributed by atoms with Gasteiger partial charge in [-0.1, -0.05) is 11.6 Å². The normalized spacial score (nSPS) is 22.1. The smallest absolute Gasteiger partial charge is 0.129 e. The van der Waals surface area contributed by atoms with E-state index in [-0.39, 0.29) is 0 Å². The third-order valence-electron chi connectivity index (χ3n) is 3.93. The first kappa shape index (κ1) is 13.8. The second-order valence-electron chi connectivity index (χ2n) is 5.62. The molecule has 1 saturated heterocycles. The maximum atomic E-state index is 5.94. The number of halogens is 1. The van der Waals surface area contributed by atoms with Gasteiger partial charge in [0.05, 0.1) is 0 Å². The molecule has 3 heteroatoms. The van der Waals surface area contributed by atoms with Gasteiger partial charge in [-0.2, -0.15) is 0 Å². The summed E-state index contributed by atoms with van der Waals surface area (Å²) in [6.45, 7) is 7.08. The Morgan fingerprint density at radius 2 is 2.22 bits per heavy atom. The van der Waals surface area contributed by atoms with Crippen LogP contribution in [-0.2, 0) is 6.42 Å². The standard InChI is InChI=1S/C15H23ClN2/c1-12(2)18-8-3-4-13(6-9-18)10-14-5-7-17-15(16)11-14/h5,7,11-13H,3-4,6,8-10H2,1-2H3/t13-/m0/s1. The highest BCUT2D eigenvalue weighted by atomic mass is 35.5. The molecule has 18 heavy (non-hydrogen) atoms. The van der Waals surface area contributed by atoms with E-state index in [2.05, 4.69) is 29.8 Å². The van der Waals surface area contributed by atoms with Crippen molar-refractivity contribution < 1.29 is 0 Å². The number of hydrogen-bond acceptors (Lipinski definition) is 2. The molecule has 0 bridgehead atoms. The largest absolute Gasteiger partial charge is 0.301 e. The Labute approximate surface area is 115 Å². The summed E-state index contributed by atoms with van der Waals surface area (Å²) in [6.07, 6.45) is 6.92. The van der Waals surface area contributed by atoms with Gasteiger partial charge in [-0.25, -0.2) is 4.98 Å². The van der Waals surface area contributed by atoms with Crippen molar-refractivity contribution in [1.82, 2.24) is 9.88 Å². The van der Waals surface area contributed by atoms with E-state index in [1.807, 2.05) is 12.3 Å². The molecule has 0 unspecified atom stereocenters. The fourth-order valence-electron chi connectivity index (χ4n) is 2.81. The first-order valence-corrected chi connectivity index (χ1v) is 7.37. The van der Waals surface area contributed by atoms with E-state index in [0.717, 1.165) is 12.3 Å². The second-order valence-corrected chi connectivity index (χ2v) is 6.00. The van der Waals surface area contributed by atoms with Gasteiger partial charge >= 0.3 is 0 Å². The number of nitrogens with zero attached hydrogens (tertiary/aromatic N) is 2. The molecule has 0 aliphatic carbocycles. The van der Waals surface area contributed by atoms with E-state index in [1.54, 1.807) is 0 Å². The van der Waals surface area contributed by atoms with Crippen molar-refractivity contribution in [2.45, 2.75) is 45.6 Å². The molecule has 2 heterocycles. The third kappa shape index (κ3) is 3.96. The van der Waals surface area contributed by atoms with Crippen LogP contribution in [0.4, 0.5) is 0 Å². The van der Waals surface area contributed by atoms with Gasteiger partial charge in [0.15, 0.2) is 0 Å². The van der Waals surface area contributed by atoms with Crippen molar-refractivity contribution in [3.63, 3.8) is 0 Å². The summed E-state index contributed by atoms with van der Waals surface area (Å²) in [5.74, 6) is 0.798. The molecule has 0 aromatic carbocycles. The fraction of sp³-hybridized carbons (Fsp3) is 0.667. The Bertz CT molecular complexity index is 379. The molecule has 0 amide bonds. The molecule has 0 N–H and O–H groups in total. The van der Waals surface area contributed by atoms with Crippen molar-refractivity contribution in [2.75, 3.05) is 13.1 Å². The number of likely N-dealkylation sites (tertiary alicyclic amines) is 1. The van der Waals surface area contributed by atoms with Gasteiger partial charge in [0.1, 0.15) is 5.15 Å². The van der Waals surface area contributed by atoms with Gasteiger partial charge in [-0.15, -0.1) is 0 Å². The van der Waals surface area contributed by atoms with Crippen LogP contribution < -0.4 is 0 Å². The Morgan fingerprint density at radius 3 is 2.94 bits per heavy atom. The lowest BCUT2D eigenvalue weighted by Crippen LogP contribution is -2.31. The zero-order chi connectivity index (χ0) is 13.0. The van der Waals surface area contributed by atoms with Crippen molar-refractivity contribution in [3.05, 3.63) is 29.0 Å². The molecule has 1 atom stereocenters. The van der Waals surface area contributed by atoms with Crippen molar-refractivity contribution in [1.29, 1.82) is 0 Å². The maximum Gasteiger partial charge on any atom is 0.129 e. The van der Waals surface area contributed by atoms with Crippen LogP contribution in [0.5, 0.6) is 0 Å². The minimum absolute atomic E-state index is 0.616. The first-order valence-electron chi connectivity index (χ1n) is 6.99. The summed E-state index contributed by atoms with van der Waals surface area (Å²) in [5.41, 5.74) is 1.33. The van der Waals surface area contributed by atoms with Crippen molar-refractivity contribution in [3.8, 4) is 0 Å². The van der Waals surface area contributed by atoms with Crippen LogP contribution in [0.15, 0.2) is 18.3 Å². The topological polar surface area (TPSA) is 16.1 Å². The molecule has 100 valence electrons. The Morgan fingerprint density at radius 1 is 1.39 bits per heavy atom. The molecule has 0 radical (unpaired) electrons. The molecule has 0 spiro atoms. The summed E-state index contributed by atoms with van der Waals surface area (Å²) in [4.78, 5) is 6.64. The zero-order valence-electron chi connectivity index (χ0n) is 11.4. The predicted molar refractivity (Wildman–Crippen MR) is 77.0 cm³/mol. The molecule has 1 aromatic heterocycles. The highest BCUT2D eigenvalue weighted by molar-refractivity contribution is 6.29. The van der Waals surface area contributed by atoms with Gasteiger partial charge in [0.2, 0.25) is 0 Å². The highest BCUT2D eigenvalue weighted by Gasteiger charge is 2.18. The molecule has 1 aliphatic heterocycles. The lowest BCUT2D eigenvalue weighted by atomic mass is 9.93. The molecule has 1 aromatic rings. The monoisotopic (exact) mass is 266 g/mol. The Balaban J connectivity index is 1.91. The van der Waals surface area contributed by atoms with Gasteiger partial charge in [0, 0.05) is 12.2 Å². The SMILES string of the molecule is CC(C)N1CCC[C@H](Cc2ccnc(Cl)c2)CC1. The van der Waals surface area contributed by atoms with Crippen molar-refractivity contribution in [2.24, 2.45) is 5.92 Å². The zero-order valence-corrected chi connectivity index (χ0v) is 12.2. The van der Waals surface area contributed by atoms with Crippen LogP contribution >= 0.6 is 11.6 Å².